The molecule has 0 aliphatic rings. The number of carbonyl (C=O) groups is 1. The fraction of sp³-hybridized carbons (Fsp3) is 0.167. The van der Waals surface area contributed by atoms with E-state index in [4.69, 9.17) is 10.00 Å². The molecule has 0 saturated carbocycles. The van der Waals surface area contributed by atoms with Gasteiger partial charge in [0, 0.05) is 0 Å². The minimum absolute atomic E-state index is 0.120. The molecule has 2 rings (SSSR count). The number of hydrogen-bond donors (Lipinski definition) is 0. The Hall–Kier alpha value is -2.68. The molecule has 0 spiro atoms. The van der Waals surface area contributed by atoms with Crippen LogP contribution in [0.1, 0.15) is 16.2 Å². The van der Waals surface area contributed by atoms with E-state index in [9.17, 15) is 4.79 Å². The summed E-state index contributed by atoms with van der Waals surface area (Å²) in [6.07, 6.45) is 0. The Morgan fingerprint density at radius 3 is 2.78 bits per heavy atom. The van der Waals surface area contributed by atoms with Gasteiger partial charge in [-0.15, -0.1) is 5.10 Å². The van der Waals surface area contributed by atoms with E-state index < -0.39 is 5.97 Å². The van der Waals surface area contributed by atoms with Crippen molar-refractivity contribution < 1.29 is 9.53 Å². The summed E-state index contributed by atoms with van der Waals surface area (Å²) in [5, 5.41) is 16.5. The van der Waals surface area contributed by atoms with Crippen molar-refractivity contribution in [1.82, 2.24) is 15.0 Å². The summed E-state index contributed by atoms with van der Waals surface area (Å²) in [6, 6.07) is 10.9. The number of para-hydroxylation sites is 1. The summed E-state index contributed by atoms with van der Waals surface area (Å²) < 4.78 is 4.69. The highest BCUT2D eigenvalue weighted by Crippen LogP contribution is 2.08. The van der Waals surface area contributed by atoms with Crippen molar-refractivity contribution in [3.63, 3.8) is 0 Å². The molecule has 0 atom stereocenters. The van der Waals surface area contributed by atoms with E-state index in [0.29, 0.717) is 5.69 Å². The zero-order valence-electron chi connectivity index (χ0n) is 9.70. The fourth-order valence-electron chi connectivity index (χ4n) is 1.41. The van der Waals surface area contributed by atoms with Gasteiger partial charge in [-0.25, -0.2) is 4.79 Å². The van der Waals surface area contributed by atoms with Crippen molar-refractivity contribution in [3.05, 3.63) is 41.7 Å². The summed E-state index contributed by atoms with van der Waals surface area (Å²) in [4.78, 5) is 12.9. The van der Waals surface area contributed by atoms with Gasteiger partial charge in [0.05, 0.1) is 11.4 Å². The summed E-state index contributed by atoms with van der Waals surface area (Å²) in [5.41, 5.74) is 1.33. The van der Waals surface area contributed by atoms with Crippen LogP contribution in [-0.4, -0.2) is 27.6 Å². The predicted molar refractivity (Wildman–Crippen MR) is 62.0 cm³/mol. The van der Waals surface area contributed by atoms with Gasteiger partial charge < -0.3 is 4.74 Å². The Kier molecular flexibility index (Phi) is 3.34. The maximum atomic E-state index is 11.6. The standard InChI is InChI=1S/C12H10N4O2/c1-9-11(12(17)18-8-7-13)15-16(14-9)10-5-3-2-4-6-10/h2-6H,8H2,1H3. The smallest absolute Gasteiger partial charge is 0.361 e. The Bertz CT molecular complexity index is 598. The van der Waals surface area contributed by atoms with Crippen LogP contribution in [0.2, 0.25) is 0 Å². The van der Waals surface area contributed by atoms with Crippen molar-refractivity contribution in [3.8, 4) is 11.8 Å². The molecule has 1 aromatic carbocycles. The first-order valence-electron chi connectivity index (χ1n) is 5.26. The van der Waals surface area contributed by atoms with Gasteiger partial charge in [-0.3, -0.25) is 0 Å². The molecule has 0 radical (unpaired) electrons. The number of esters is 1. The number of nitrogens with zero attached hydrogens (tertiary/aromatic N) is 4. The van der Waals surface area contributed by atoms with Crippen LogP contribution < -0.4 is 0 Å². The average molecular weight is 242 g/mol. The van der Waals surface area contributed by atoms with Crippen molar-refractivity contribution in [2.24, 2.45) is 0 Å². The number of ether oxygens (including phenoxy) is 1. The molecule has 0 saturated heterocycles. The number of carbonyl (C=O) groups excluding carboxylic acids is 1. The summed E-state index contributed by atoms with van der Waals surface area (Å²) in [6.45, 7) is 1.37. The molecule has 0 aliphatic carbocycles. The van der Waals surface area contributed by atoms with Gasteiger partial charge in [0.15, 0.2) is 12.3 Å². The van der Waals surface area contributed by atoms with E-state index >= 15 is 0 Å². The Morgan fingerprint density at radius 1 is 1.39 bits per heavy atom. The van der Waals surface area contributed by atoms with Crippen LogP contribution >= 0.6 is 0 Å². The van der Waals surface area contributed by atoms with E-state index in [1.54, 1.807) is 13.0 Å². The number of nitriles is 1. The first-order chi connectivity index (χ1) is 8.72. The van der Waals surface area contributed by atoms with Crippen LogP contribution in [0.4, 0.5) is 0 Å². The third kappa shape index (κ3) is 2.35. The minimum atomic E-state index is -0.642. The second kappa shape index (κ2) is 5.10. The monoisotopic (exact) mass is 242 g/mol. The first-order valence-corrected chi connectivity index (χ1v) is 5.26. The molecular formula is C12H10N4O2. The van der Waals surface area contributed by atoms with E-state index in [-0.39, 0.29) is 12.3 Å². The Balaban J connectivity index is 2.28. The molecule has 1 aromatic heterocycles. The average Bonchev–Trinajstić information content (AvgIpc) is 2.79. The third-order valence-corrected chi connectivity index (χ3v) is 2.23. The topological polar surface area (TPSA) is 80.8 Å². The molecule has 18 heavy (non-hydrogen) atoms. The van der Waals surface area contributed by atoms with Crippen LogP contribution in [-0.2, 0) is 4.74 Å². The van der Waals surface area contributed by atoms with E-state index in [2.05, 4.69) is 10.2 Å². The van der Waals surface area contributed by atoms with Crippen LogP contribution in [0.15, 0.2) is 30.3 Å². The van der Waals surface area contributed by atoms with E-state index in [1.807, 2.05) is 30.3 Å². The van der Waals surface area contributed by atoms with E-state index in [0.717, 1.165) is 5.69 Å². The molecule has 0 fully saturated rings. The number of benzene rings is 1. The molecule has 2 aromatic rings. The van der Waals surface area contributed by atoms with Crippen molar-refractivity contribution in [2.75, 3.05) is 6.61 Å². The Morgan fingerprint density at radius 2 is 2.11 bits per heavy atom. The van der Waals surface area contributed by atoms with Gasteiger partial charge in [-0.1, -0.05) is 18.2 Å². The van der Waals surface area contributed by atoms with Gasteiger partial charge in [0.25, 0.3) is 0 Å². The molecule has 6 nitrogen and oxygen atoms in total. The summed E-state index contributed by atoms with van der Waals surface area (Å²) >= 11 is 0. The first kappa shape index (κ1) is 11.8. The van der Waals surface area contributed by atoms with Crippen molar-refractivity contribution in [1.29, 1.82) is 5.26 Å². The number of hydrogen-bond acceptors (Lipinski definition) is 5. The molecule has 0 unspecified atom stereocenters. The number of rotatable bonds is 3. The normalized spacial score (nSPS) is 9.78. The zero-order chi connectivity index (χ0) is 13.0. The van der Waals surface area contributed by atoms with E-state index in [1.165, 1.54) is 4.80 Å². The highest BCUT2D eigenvalue weighted by molar-refractivity contribution is 5.88. The van der Waals surface area contributed by atoms with Gasteiger partial charge in [-0.05, 0) is 19.1 Å². The highest BCUT2D eigenvalue weighted by Gasteiger charge is 2.17. The molecule has 0 amide bonds. The lowest BCUT2D eigenvalue weighted by molar-refractivity contribution is 0.0547. The lowest BCUT2D eigenvalue weighted by atomic mass is 10.3. The van der Waals surface area contributed by atoms with Gasteiger partial charge in [0.2, 0.25) is 0 Å². The highest BCUT2D eigenvalue weighted by atomic mass is 16.5. The number of aryl methyl sites for hydroxylation is 1. The second-order valence-corrected chi connectivity index (χ2v) is 3.49. The Labute approximate surface area is 103 Å². The summed E-state index contributed by atoms with van der Waals surface area (Å²) in [7, 11) is 0. The van der Waals surface area contributed by atoms with Crippen LogP contribution in [0, 0.1) is 18.3 Å². The number of aromatic nitrogens is 3. The van der Waals surface area contributed by atoms with Crippen LogP contribution in [0.25, 0.3) is 5.69 Å². The van der Waals surface area contributed by atoms with Crippen LogP contribution in [0.5, 0.6) is 0 Å². The van der Waals surface area contributed by atoms with Crippen LogP contribution in [0.3, 0.4) is 0 Å². The van der Waals surface area contributed by atoms with Gasteiger partial charge >= 0.3 is 5.97 Å². The fourth-order valence-corrected chi connectivity index (χ4v) is 1.41. The maximum absolute atomic E-state index is 11.6. The maximum Gasteiger partial charge on any atom is 0.361 e. The molecule has 90 valence electrons. The zero-order valence-corrected chi connectivity index (χ0v) is 9.70. The SMILES string of the molecule is Cc1nn(-c2ccccc2)nc1C(=O)OCC#N. The molecule has 0 N–H and O–H groups in total. The largest absolute Gasteiger partial charge is 0.445 e. The van der Waals surface area contributed by atoms with Crippen molar-refractivity contribution in [2.45, 2.75) is 6.92 Å². The minimum Gasteiger partial charge on any atom is -0.445 e. The third-order valence-electron chi connectivity index (χ3n) is 2.23. The summed E-state index contributed by atoms with van der Waals surface area (Å²) in [5.74, 6) is -0.642. The quantitative estimate of drug-likeness (QED) is 0.757. The van der Waals surface area contributed by atoms with Crippen molar-refractivity contribution >= 4 is 5.97 Å². The molecule has 0 bridgehead atoms. The second-order valence-electron chi connectivity index (χ2n) is 3.49. The predicted octanol–water partition coefficient (Wildman–Crippen LogP) is 1.26. The van der Waals surface area contributed by atoms with Gasteiger partial charge in [0.1, 0.15) is 6.07 Å². The molecule has 6 heteroatoms. The molecular weight excluding hydrogens is 232 g/mol. The van der Waals surface area contributed by atoms with Gasteiger partial charge in [-0.2, -0.15) is 15.2 Å². The molecule has 1 heterocycles. The lowest BCUT2D eigenvalue weighted by Crippen LogP contribution is -2.08. The molecule has 0 aliphatic heterocycles. The lowest BCUT2D eigenvalue weighted by Gasteiger charge is -1.97.